The minimum Gasteiger partial charge on any atom is -0.396 e. The van der Waals surface area contributed by atoms with Crippen molar-refractivity contribution in [3.8, 4) is 0 Å². The Morgan fingerprint density at radius 3 is 2.71 bits per heavy atom. The lowest BCUT2D eigenvalue weighted by Crippen LogP contribution is -2.17. The summed E-state index contributed by atoms with van der Waals surface area (Å²) in [5, 5.41) is 10.1. The maximum atomic E-state index is 12.6. The largest absolute Gasteiger partial charge is 0.396 e. The predicted molar refractivity (Wildman–Crippen MR) is 58.7 cm³/mol. The standard InChI is InChI=1S/C11H15O2P/c12-9-11-7-4-8-14(11,13)10-5-2-1-3-6-10/h1-3,5-6,11-12H,4,7-9H2/t11-,14?/m1/s1. The van der Waals surface area contributed by atoms with E-state index in [4.69, 9.17) is 0 Å². The van der Waals surface area contributed by atoms with Gasteiger partial charge < -0.3 is 9.67 Å². The summed E-state index contributed by atoms with van der Waals surface area (Å²) in [6.07, 6.45) is 2.66. The Bertz CT molecular complexity index is 348. The molecule has 0 aliphatic carbocycles. The van der Waals surface area contributed by atoms with Crippen molar-refractivity contribution in [2.45, 2.75) is 18.5 Å². The third kappa shape index (κ3) is 1.53. The molecule has 1 heterocycles. The molecule has 0 spiro atoms. The molecule has 0 saturated carbocycles. The third-order valence-electron chi connectivity index (χ3n) is 3.02. The fraction of sp³-hybridized carbons (Fsp3) is 0.455. The highest BCUT2D eigenvalue weighted by molar-refractivity contribution is 7.72. The van der Waals surface area contributed by atoms with E-state index in [1.165, 1.54) is 0 Å². The van der Waals surface area contributed by atoms with Gasteiger partial charge in [0.1, 0.15) is 7.14 Å². The van der Waals surface area contributed by atoms with Crippen molar-refractivity contribution in [3.63, 3.8) is 0 Å². The number of aliphatic hydroxyl groups excluding tert-OH is 1. The highest BCUT2D eigenvalue weighted by atomic mass is 31.2. The zero-order valence-electron chi connectivity index (χ0n) is 8.10. The van der Waals surface area contributed by atoms with Crippen LogP contribution >= 0.6 is 7.14 Å². The van der Waals surface area contributed by atoms with Gasteiger partial charge in [0.05, 0.1) is 6.61 Å². The lowest BCUT2D eigenvalue weighted by Gasteiger charge is -2.18. The van der Waals surface area contributed by atoms with Gasteiger partial charge in [0.25, 0.3) is 0 Å². The molecule has 1 N–H and O–H groups in total. The Hall–Kier alpha value is -0.590. The van der Waals surface area contributed by atoms with Crippen molar-refractivity contribution < 1.29 is 9.67 Å². The van der Waals surface area contributed by atoms with Crippen LogP contribution in [0.5, 0.6) is 0 Å². The quantitative estimate of drug-likeness (QED) is 0.756. The van der Waals surface area contributed by atoms with Crippen LogP contribution in [0.4, 0.5) is 0 Å². The van der Waals surface area contributed by atoms with Crippen molar-refractivity contribution in [1.82, 2.24) is 0 Å². The highest BCUT2D eigenvalue weighted by Gasteiger charge is 2.38. The molecular formula is C11H15O2P. The zero-order chi connectivity index (χ0) is 10.0. The van der Waals surface area contributed by atoms with Gasteiger partial charge in [0.15, 0.2) is 0 Å². The Morgan fingerprint density at radius 2 is 2.07 bits per heavy atom. The number of aliphatic hydroxyl groups is 1. The Balaban J connectivity index is 2.37. The molecule has 2 nitrogen and oxygen atoms in total. The second-order valence-corrected chi connectivity index (χ2v) is 7.12. The van der Waals surface area contributed by atoms with E-state index >= 15 is 0 Å². The first-order valence-corrected chi connectivity index (χ1v) is 6.99. The topological polar surface area (TPSA) is 37.3 Å². The summed E-state index contributed by atoms with van der Waals surface area (Å²) in [7, 11) is -2.28. The summed E-state index contributed by atoms with van der Waals surface area (Å²) in [6.45, 7) is 0.0617. The summed E-state index contributed by atoms with van der Waals surface area (Å²) in [4.78, 5) is 0. The molecule has 76 valence electrons. The lowest BCUT2D eigenvalue weighted by atomic mass is 10.3. The van der Waals surface area contributed by atoms with Crippen LogP contribution < -0.4 is 5.30 Å². The van der Waals surface area contributed by atoms with Gasteiger partial charge in [-0.05, 0) is 12.8 Å². The summed E-state index contributed by atoms with van der Waals surface area (Å²) in [5.41, 5.74) is 0.00454. The van der Waals surface area contributed by atoms with Crippen molar-refractivity contribution in [2.24, 2.45) is 0 Å². The molecular weight excluding hydrogens is 195 g/mol. The van der Waals surface area contributed by atoms with E-state index in [9.17, 15) is 9.67 Å². The predicted octanol–water partition coefficient (Wildman–Crippen LogP) is 1.83. The van der Waals surface area contributed by atoms with Crippen molar-refractivity contribution in [3.05, 3.63) is 30.3 Å². The maximum Gasteiger partial charge on any atom is 0.120 e. The molecule has 0 aromatic heterocycles. The molecule has 0 bridgehead atoms. The van der Waals surface area contributed by atoms with E-state index in [2.05, 4.69) is 0 Å². The van der Waals surface area contributed by atoms with Gasteiger partial charge in [0.2, 0.25) is 0 Å². The van der Waals surface area contributed by atoms with Gasteiger partial charge in [-0.2, -0.15) is 0 Å². The Labute approximate surface area is 84.3 Å². The van der Waals surface area contributed by atoms with Crippen molar-refractivity contribution in [2.75, 3.05) is 12.8 Å². The smallest absolute Gasteiger partial charge is 0.120 e. The van der Waals surface area contributed by atoms with Gasteiger partial charge in [0, 0.05) is 17.1 Å². The van der Waals surface area contributed by atoms with E-state index in [-0.39, 0.29) is 12.3 Å². The molecule has 2 rings (SSSR count). The van der Waals surface area contributed by atoms with Crippen LogP contribution in [0.1, 0.15) is 12.8 Å². The average Bonchev–Trinajstić information content (AvgIpc) is 2.62. The van der Waals surface area contributed by atoms with Gasteiger partial charge >= 0.3 is 0 Å². The van der Waals surface area contributed by atoms with E-state index in [1.54, 1.807) is 0 Å². The minimum atomic E-state index is -2.28. The van der Waals surface area contributed by atoms with Crippen LogP contribution in [0.15, 0.2) is 30.3 Å². The minimum absolute atomic E-state index is 0.00454. The summed E-state index contributed by atoms with van der Waals surface area (Å²) in [6, 6.07) is 9.62. The SMILES string of the molecule is O=P1(c2ccccc2)CCC[C@@H]1CO. The van der Waals surface area contributed by atoms with Gasteiger partial charge in [-0.15, -0.1) is 0 Å². The third-order valence-corrected chi connectivity index (χ3v) is 6.78. The molecule has 1 aliphatic heterocycles. The van der Waals surface area contributed by atoms with Crippen LogP contribution in [-0.2, 0) is 4.57 Å². The molecule has 1 aliphatic rings. The maximum absolute atomic E-state index is 12.6. The van der Waals surface area contributed by atoms with Gasteiger partial charge in [-0.3, -0.25) is 0 Å². The van der Waals surface area contributed by atoms with Crippen LogP contribution in [-0.4, -0.2) is 23.5 Å². The molecule has 0 amide bonds. The first kappa shape index (κ1) is 9.95. The monoisotopic (exact) mass is 210 g/mol. The van der Waals surface area contributed by atoms with E-state index < -0.39 is 7.14 Å². The van der Waals surface area contributed by atoms with Crippen LogP contribution in [0.3, 0.4) is 0 Å². The van der Waals surface area contributed by atoms with E-state index in [0.29, 0.717) is 0 Å². The molecule has 0 radical (unpaired) electrons. The van der Waals surface area contributed by atoms with E-state index in [1.807, 2.05) is 30.3 Å². The van der Waals surface area contributed by atoms with Crippen LogP contribution in [0.2, 0.25) is 0 Å². The molecule has 2 atom stereocenters. The van der Waals surface area contributed by atoms with Crippen molar-refractivity contribution >= 4 is 12.4 Å². The summed E-state index contributed by atoms with van der Waals surface area (Å²) in [5.74, 6) is 0. The number of hydrogen-bond acceptors (Lipinski definition) is 2. The molecule has 1 aromatic rings. The Kier molecular flexibility index (Phi) is 2.76. The zero-order valence-corrected chi connectivity index (χ0v) is 8.99. The van der Waals surface area contributed by atoms with Gasteiger partial charge in [-0.25, -0.2) is 0 Å². The van der Waals surface area contributed by atoms with Crippen LogP contribution in [0.25, 0.3) is 0 Å². The number of hydrogen-bond donors (Lipinski definition) is 1. The van der Waals surface area contributed by atoms with E-state index in [0.717, 1.165) is 24.3 Å². The lowest BCUT2D eigenvalue weighted by molar-refractivity contribution is 0.289. The molecule has 14 heavy (non-hydrogen) atoms. The molecule has 1 fully saturated rings. The molecule has 3 heteroatoms. The summed E-state index contributed by atoms with van der Waals surface area (Å²) >= 11 is 0. The Morgan fingerprint density at radius 1 is 1.36 bits per heavy atom. The average molecular weight is 210 g/mol. The van der Waals surface area contributed by atoms with Gasteiger partial charge in [-0.1, -0.05) is 30.3 Å². The molecule has 1 unspecified atom stereocenters. The fourth-order valence-electron chi connectivity index (χ4n) is 2.20. The molecule has 1 saturated heterocycles. The first-order chi connectivity index (χ1) is 6.77. The second-order valence-electron chi connectivity index (χ2n) is 3.83. The first-order valence-electron chi connectivity index (χ1n) is 5.02. The highest BCUT2D eigenvalue weighted by Crippen LogP contribution is 2.56. The van der Waals surface area contributed by atoms with Crippen molar-refractivity contribution in [1.29, 1.82) is 0 Å². The summed E-state index contributed by atoms with van der Waals surface area (Å²) < 4.78 is 12.6. The fourth-order valence-corrected chi connectivity index (χ4v) is 5.43. The van der Waals surface area contributed by atoms with Crippen LogP contribution in [0, 0.1) is 0 Å². The second kappa shape index (κ2) is 3.88. The number of benzene rings is 1. The number of rotatable bonds is 2. The normalized spacial score (nSPS) is 31.9. The molecule has 1 aromatic carbocycles.